The van der Waals surface area contributed by atoms with Crippen molar-refractivity contribution >= 4 is 5.97 Å². The SMILES string of the molecule is C=CCC1(CC=C)CCCC(=O)O1. The van der Waals surface area contributed by atoms with E-state index in [2.05, 4.69) is 13.2 Å². The summed E-state index contributed by atoms with van der Waals surface area (Å²) in [4.78, 5) is 11.1. The molecule has 0 atom stereocenters. The molecule has 0 aliphatic carbocycles. The van der Waals surface area contributed by atoms with Gasteiger partial charge >= 0.3 is 5.97 Å². The van der Waals surface area contributed by atoms with E-state index in [1.807, 2.05) is 12.2 Å². The Hall–Kier alpha value is -1.05. The molecular formula is C11H16O2. The number of ether oxygens (including phenoxy) is 1. The van der Waals surface area contributed by atoms with Crippen LogP contribution in [0.25, 0.3) is 0 Å². The Balaban J connectivity index is 2.68. The minimum Gasteiger partial charge on any atom is -0.458 e. The number of hydrogen-bond acceptors (Lipinski definition) is 2. The lowest BCUT2D eigenvalue weighted by Crippen LogP contribution is -2.37. The summed E-state index contributed by atoms with van der Waals surface area (Å²) in [7, 11) is 0. The largest absolute Gasteiger partial charge is 0.458 e. The van der Waals surface area contributed by atoms with E-state index in [4.69, 9.17) is 4.74 Å². The van der Waals surface area contributed by atoms with Crippen molar-refractivity contribution in [2.75, 3.05) is 0 Å². The summed E-state index contributed by atoms with van der Waals surface area (Å²) in [6.45, 7) is 7.36. The van der Waals surface area contributed by atoms with E-state index < -0.39 is 0 Å². The second kappa shape index (κ2) is 4.26. The molecule has 0 aromatic carbocycles. The average Bonchev–Trinajstić information content (AvgIpc) is 2.04. The molecular weight excluding hydrogens is 164 g/mol. The molecule has 2 nitrogen and oxygen atoms in total. The van der Waals surface area contributed by atoms with Gasteiger partial charge in [0.25, 0.3) is 0 Å². The topological polar surface area (TPSA) is 26.3 Å². The maximum Gasteiger partial charge on any atom is 0.306 e. The van der Waals surface area contributed by atoms with E-state index in [1.54, 1.807) is 0 Å². The summed E-state index contributed by atoms with van der Waals surface area (Å²) >= 11 is 0. The van der Waals surface area contributed by atoms with Gasteiger partial charge in [-0.25, -0.2) is 0 Å². The van der Waals surface area contributed by atoms with Crippen LogP contribution in [0.5, 0.6) is 0 Å². The molecule has 1 heterocycles. The van der Waals surface area contributed by atoms with Crippen molar-refractivity contribution in [3.63, 3.8) is 0 Å². The van der Waals surface area contributed by atoms with Gasteiger partial charge in [0.1, 0.15) is 5.60 Å². The average molecular weight is 180 g/mol. The Morgan fingerprint density at radius 1 is 1.38 bits per heavy atom. The van der Waals surface area contributed by atoms with Crippen LogP contribution >= 0.6 is 0 Å². The van der Waals surface area contributed by atoms with Gasteiger partial charge in [-0.15, -0.1) is 13.2 Å². The fraction of sp³-hybridized carbons (Fsp3) is 0.545. The van der Waals surface area contributed by atoms with Crippen LogP contribution in [0, 0.1) is 0 Å². The van der Waals surface area contributed by atoms with Crippen molar-refractivity contribution in [3.05, 3.63) is 25.3 Å². The van der Waals surface area contributed by atoms with Gasteiger partial charge < -0.3 is 4.74 Å². The van der Waals surface area contributed by atoms with Crippen LogP contribution in [-0.2, 0) is 9.53 Å². The molecule has 0 spiro atoms. The molecule has 2 heteroatoms. The lowest BCUT2D eigenvalue weighted by molar-refractivity contribution is -0.166. The van der Waals surface area contributed by atoms with Crippen LogP contribution in [-0.4, -0.2) is 11.6 Å². The number of hydrogen-bond donors (Lipinski definition) is 0. The van der Waals surface area contributed by atoms with Gasteiger partial charge in [-0.1, -0.05) is 12.2 Å². The normalized spacial score (nSPS) is 20.5. The van der Waals surface area contributed by atoms with E-state index in [0.717, 1.165) is 25.7 Å². The molecule has 72 valence electrons. The summed E-state index contributed by atoms with van der Waals surface area (Å²) in [5.74, 6) is -0.0880. The summed E-state index contributed by atoms with van der Waals surface area (Å²) < 4.78 is 5.37. The third kappa shape index (κ3) is 2.44. The Morgan fingerprint density at radius 2 is 2.00 bits per heavy atom. The predicted octanol–water partition coefficient (Wildman–Crippen LogP) is 2.60. The van der Waals surface area contributed by atoms with E-state index in [1.165, 1.54) is 0 Å². The molecule has 1 aliphatic rings. The van der Waals surface area contributed by atoms with Gasteiger partial charge in [0.2, 0.25) is 0 Å². The van der Waals surface area contributed by atoms with E-state index in [0.29, 0.717) is 6.42 Å². The van der Waals surface area contributed by atoms with Crippen molar-refractivity contribution in [2.24, 2.45) is 0 Å². The Morgan fingerprint density at radius 3 is 2.46 bits per heavy atom. The van der Waals surface area contributed by atoms with Gasteiger partial charge in [0.05, 0.1) is 0 Å². The first-order valence-electron chi connectivity index (χ1n) is 4.66. The summed E-state index contributed by atoms with van der Waals surface area (Å²) in [5.41, 5.74) is -0.334. The third-order valence-corrected chi connectivity index (χ3v) is 2.38. The van der Waals surface area contributed by atoms with Crippen LogP contribution < -0.4 is 0 Å². The van der Waals surface area contributed by atoms with Gasteiger partial charge in [0, 0.05) is 19.3 Å². The molecule has 0 N–H and O–H groups in total. The maximum absolute atomic E-state index is 11.1. The van der Waals surface area contributed by atoms with Crippen LogP contribution in [0.4, 0.5) is 0 Å². The van der Waals surface area contributed by atoms with E-state index in [9.17, 15) is 4.79 Å². The summed E-state index contributed by atoms with van der Waals surface area (Å²) in [6.07, 6.45) is 7.47. The second-order valence-electron chi connectivity index (χ2n) is 3.50. The number of esters is 1. The molecule has 0 amide bonds. The standard InChI is InChI=1S/C11H16O2/c1-3-7-11(8-4-2)9-5-6-10(12)13-11/h3-4H,1-2,5-9H2. The smallest absolute Gasteiger partial charge is 0.306 e. The number of carbonyl (C=O) groups is 1. The van der Waals surface area contributed by atoms with Gasteiger partial charge in [-0.3, -0.25) is 4.79 Å². The molecule has 0 aromatic heterocycles. The van der Waals surface area contributed by atoms with Gasteiger partial charge in [0.15, 0.2) is 0 Å². The van der Waals surface area contributed by atoms with Crippen molar-refractivity contribution in [3.8, 4) is 0 Å². The molecule has 0 saturated carbocycles. The van der Waals surface area contributed by atoms with E-state index in [-0.39, 0.29) is 11.6 Å². The highest BCUT2D eigenvalue weighted by Crippen LogP contribution is 2.32. The van der Waals surface area contributed by atoms with Crippen molar-refractivity contribution in [1.82, 2.24) is 0 Å². The summed E-state index contributed by atoms with van der Waals surface area (Å²) in [5, 5.41) is 0. The van der Waals surface area contributed by atoms with Crippen LogP contribution in [0.15, 0.2) is 25.3 Å². The van der Waals surface area contributed by atoms with Crippen LogP contribution in [0.3, 0.4) is 0 Å². The minimum absolute atomic E-state index is 0.0880. The Bertz CT molecular complexity index is 208. The second-order valence-corrected chi connectivity index (χ2v) is 3.50. The molecule has 0 aromatic rings. The monoisotopic (exact) mass is 180 g/mol. The molecule has 1 rings (SSSR count). The lowest BCUT2D eigenvalue weighted by atomic mass is 9.87. The Labute approximate surface area is 79.3 Å². The predicted molar refractivity (Wildman–Crippen MR) is 52.3 cm³/mol. The van der Waals surface area contributed by atoms with Crippen LogP contribution in [0.1, 0.15) is 32.1 Å². The highest BCUT2D eigenvalue weighted by molar-refractivity contribution is 5.70. The molecule has 1 saturated heterocycles. The molecule has 0 unspecified atom stereocenters. The zero-order valence-electron chi connectivity index (χ0n) is 7.92. The van der Waals surface area contributed by atoms with Crippen LogP contribution in [0.2, 0.25) is 0 Å². The van der Waals surface area contributed by atoms with Gasteiger partial charge in [-0.2, -0.15) is 0 Å². The number of carbonyl (C=O) groups excluding carboxylic acids is 1. The quantitative estimate of drug-likeness (QED) is 0.491. The highest BCUT2D eigenvalue weighted by atomic mass is 16.6. The fourth-order valence-electron chi connectivity index (χ4n) is 1.80. The first-order chi connectivity index (χ1) is 6.22. The van der Waals surface area contributed by atoms with Crippen molar-refractivity contribution < 1.29 is 9.53 Å². The molecule has 0 radical (unpaired) electrons. The fourth-order valence-corrected chi connectivity index (χ4v) is 1.80. The first kappa shape index (κ1) is 10.0. The zero-order chi connectivity index (χ0) is 9.73. The van der Waals surface area contributed by atoms with Gasteiger partial charge in [-0.05, 0) is 12.8 Å². The van der Waals surface area contributed by atoms with E-state index >= 15 is 0 Å². The number of cyclic esters (lactones) is 1. The molecule has 13 heavy (non-hydrogen) atoms. The number of rotatable bonds is 4. The highest BCUT2D eigenvalue weighted by Gasteiger charge is 2.34. The minimum atomic E-state index is -0.334. The van der Waals surface area contributed by atoms with Crippen molar-refractivity contribution in [2.45, 2.75) is 37.7 Å². The maximum atomic E-state index is 11.1. The zero-order valence-corrected chi connectivity index (χ0v) is 7.92. The molecule has 1 fully saturated rings. The first-order valence-corrected chi connectivity index (χ1v) is 4.66. The third-order valence-electron chi connectivity index (χ3n) is 2.38. The Kier molecular flexibility index (Phi) is 3.29. The molecule has 0 bridgehead atoms. The molecule has 1 aliphatic heterocycles. The lowest BCUT2D eigenvalue weighted by Gasteiger charge is -2.35. The summed E-state index contributed by atoms with van der Waals surface area (Å²) in [6, 6.07) is 0. The van der Waals surface area contributed by atoms with Crippen molar-refractivity contribution in [1.29, 1.82) is 0 Å².